The fourth-order valence-electron chi connectivity index (χ4n) is 3.27. The van der Waals surface area contributed by atoms with Crippen molar-refractivity contribution >= 4 is 17.5 Å². The van der Waals surface area contributed by atoms with E-state index in [0.717, 1.165) is 29.0 Å². The maximum atomic E-state index is 12.5. The lowest BCUT2D eigenvalue weighted by Crippen LogP contribution is -2.32. The molecule has 0 saturated carbocycles. The van der Waals surface area contributed by atoms with Gasteiger partial charge in [-0.25, -0.2) is 0 Å². The summed E-state index contributed by atoms with van der Waals surface area (Å²) in [6, 6.07) is 15.5. The Bertz CT molecular complexity index is 786. The summed E-state index contributed by atoms with van der Waals surface area (Å²) < 4.78 is 5.13. The summed E-state index contributed by atoms with van der Waals surface area (Å²) in [5.41, 5.74) is 3.04. The van der Waals surface area contributed by atoms with E-state index >= 15 is 0 Å². The van der Waals surface area contributed by atoms with Crippen LogP contribution in [0.3, 0.4) is 0 Å². The minimum atomic E-state index is -0.314. The standard InChI is InChI=1S/C21H24N2O3/c1-3-16-6-4-5-7-19(16)23-14-17(12-20(23)24)21(25)22-13-15-8-10-18(26-2)11-9-15/h4-11,17H,3,12-14H2,1-2H3,(H,22,25). The molecular weight excluding hydrogens is 328 g/mol. The molecule has 0 aliphatic carbocycles. The number of ether oxygens (including phenoxy) is 1. The molecule has 0 bridgehead atoms. The molecule has 1 aliphatic rings. The van der Waals surface area contributed by atoms with E-state index in [1.54, 1.807) is 12.0 Å². The average Bonchev–Trinajstić information content (AvgIpc) is 3.08. The second-order valence-corrected chi connectivity index (χ2v) is 6.45. The lowest BCUT2D eigenvalue weighted by Gasteiger charge is -2.20. The first kappa shape index (κ1) is 18.0. The third-order valence-electron chi connectivity index (χ3n) is 4.78. The summed E-state index contributed by atoms with van der Waals surface area (Å²) in [6.07, 6.45) is 1.11. The maximum absolute atomic E-state index is 12.5. The highest BCUT2D eigenvalue weighted by molar-refractivity contribution is 6.00. The SMILES string of the molecule is CCc1ccccc1N1CC(C(=O)NCc2ccc(OC)cc2)CC1=O. The molecule has 0 spiro atoms. The van der Waals surface area contributed by atoms with E-state index in [1.165, 1.54) is 0 Å². The molecule has 1 atom stereocenters. The van der Waals surface area contributed by atoms with Crippen LogP contribution < -0.4 is 15.0 Å². The van der Waals surface area contributed by atoms with Gasteiger partial charge in [-0.1, -0.05) is 37.3 Å². The van der Waals surface area contributed by atoms with Gasteiger partial charge in [0.25, 0.3) is 0 Å². The summed E-state index contributed by atoms with van der Waals surface area (Å²) in [4.78, 5) is 26.7. The molecule has 1 N–H and O–H groups in total. The van der Waals surface area contributed by atoms with Crippen LogP contribution in [0.15, 0.2) is 48.5 Å². The summed E-state index contributed by atoms with van der Waals surface area (Å²) in [7, 11) is 1.62. The molecule has 2 amide bonds. The monoisotopic (exact) mass is 352 g/mol. The molecule has 26 heavy (non-hydrogen) atoms. The second-order valence-electron chi connectivity index (χ2n) is 6.45. The molecule has 0 radical (unpaired) electrons. The number of anilines is 1. The van der Waals surface area contributed by atoms with Crippen molar-refractivity contribution in [3.8, 4) is 5.75 Å². The second kappa shape index (κ2) is 8.04. The van der Waals surface area contributed by atoms with E-state index in [-0.39, 0.29) is 24.2 Å². The minimum absolute atomic E-state index is 0.00972. The summed E-state index contributed by atoms with van der Waals surface area (Å²) in [5, 5.41) is 2.94. The topological polar surface area (TPSA) is 58.6 Å². The van der Waals surface area contributed by atoms with Gasteiger partial charge in [0.2, 0.25) is 11.8 Å². The molecular formula is C21H24N2O3. The summed E-state index contributed by atoms with van der Waals surface area (Å²) >= 11 is 0. The van der Waals surface area contributed by atoms with Crippen LogP contribution in [0, 0.1) is 5.92 Å². The summed E-state index contributed by atoms with van der Waals surface area (Å²) in [5.74, 6) is 0.401. The number of amides is 2. The van der Waals surface area contributed by atoms with E-state index < -0.39 is 0 Å². The van der Waals surface area contributed by atoms with Crippen molar-refractivity contribution in [1.82, 2.24) is 5.32 Å². The lowest BCUT2D eigenvalue weighted by molar-refractivity contribution is -0.126. The van der Waals surface area contributed by atoms with E-state index in [9.17, 15) is 9.59 Å². The smallest absolute Gasteiger partial charge is 0.227 e. The van der Waals surface area contributed by atoms with Crippen LogP contribution in [-0.4, -0.2) is 25.5 Å². The van der Waals surface area contributed by atoms with E-state index in [4.69, 9.17) is 4.74 Å². The van der Waals surface area contributed by atoms with Gasteiger partial charge < -0.3 is 15.0 Å². The van der Waals surface area contributed by atoms with E-state index in [0.29, 0.717) is 13.1 Å². The molecule has 136 valence electrons. The lowest BCUT2D eigenvalue weighted by atomic mass is 10.1. The number of para-hydroxylation sites is 1. The first-order valence-electron chi connectivity index (χ1n) is 8.91. The van der Waals surface area contributed by atoms with Crippen molar-refractivity contribution < 1.29 is 14.3 Å². The molecule has 1 saturated heterocycles. The predicted molar refractivity (Wildman–Crippen MR) is 101 cm³/mol. The van der Waals surface area contributed by atoms with Gasteiger partial charge in [-0.15, -0.1) is 0 Å². The molecule has 2 aromatic rings. The zero-order valence-electron chi connectivity index (χ0n) is 15.2. The third-order valence-corrected chi connectivity index (χ3v) is 4.78. The number of rotatable bonds is 6. The van der Waals surface area contributed by atoms with Crippen LogP contribution in [0.2, 0.25) is 0 Å². The highest BCUT2D eigenvalue weighted by Crippen LogP contribution is 2.28. The number of nitrogens with one attached hydrogen (secondary N) is 1. The van der Waals surface area contributed by atoms with Gasteiger partial charge in [0.1, 0.15) is 5.75 Å². The van der Waals surface area contributed by atoms with Crippen LogP contribution in [0.4, 0.5) is 5.69 Å². The Balaban J connectivity index is 1.61. The Morgan fingerprint density at radius 1 is 1.19 bits per heavy atom. The van der Waals surface area contributed by atoms with Crippen molar-refractivity contribution in [2.24, 2.45) is 5.92 Å². The fraction of sp³-hybridized carbons (Fsp3) is 0.333. The quantitative estimate of drug-likeness (QED) is 0.870. The highest BCUT2D eigenvalue weighted by atomic mass is 16.5. The van der Waals surface area contributed by atoms with E-state index in [2.05, 4.69) is 12.2 Å². The molecule has 1 heterocycles. The molecule has 1 aliphatic heterocycles. The molecule has 5 nitrogen and oxygen atoms in total. The van der Waals surface area contributed by atoms with Gasteiger partial charge >= 0.3 is 0 Å². The molecule has 0 aromatic heterocycles. The molecule has 2 aromatic carbocycles. The van der Waals surface area contributed by atoms with Gasteiger partial charge in [0.05, 0.1) is 13.0 Å². The Labute approximate surface area is 154 Å². The number of aryl methyl sites for hydroxylation is 1. The van der Waals surface area contributed by atoms with Crippen LogP contribution in [0.5, 0.6) is 5.75 Å². The van der Waals surface area contributed by atoms with Gasteiger partial charge in [-0.05, 0) is 35.7 Å². The molecule has 3 rings (SSSR count). The van der Waals surface area contributed by atoms with Crippen molar-refractivity contribution in [3.05, 3.63) is 59.7 Å². The van der Waals surface area contributed by atoms with Crippen molar-refractivity contribution in [1.29, 1.82) is 0 Å². The Kier molecular flexibility index (Phi) is 5.56. The van der Waals surface area contributed by atoms with Crippen LogP contribution >= 0.6 is 0 Å². The zero-order chi connectivity index (χ0) is 18.5. The van der Waals surface area contributed by atoms with Gasteiger partial charge in [-0.2, -0.15) is 0 Å². The number of benzene rings is 2. The Morgan fingerprint density at radius 2 is 1.92 bits per heavy atom. The number of carbonyl (C=O) groups is 2. The molecule has 1 fully saturated rings. The maximum Gasteiger partial charge on any atom is 0.227 e. The van der Waals surface area contributed by atoms with Crippen molar-refractivity contribution in [2.45, 2.75) is 26.3 Å². The zero-order valence-corrected chi connectivity index (χ0v) is 15.2. The Hall–Kier alpha value is -2.82. The number of hydrogen-bond acceptors (Lipinski definition) is 3. The van der Waals surface area contributed by atoms with Gasteiger partial charge in [0, 0.05) is 25.2 Å². The Morgan fingerprint density at radius 3 is 2.62 bits per heavy atom. The van der Waals surface area contributed by atoms with Gasteiger partial charge in [-0.3, -0.25) is 9.59 Å². The van der Waals surface area contributed by atoms with Crippen LogP contribution in [-0.2, 0) is 22.6 Å². The fourth-order valence-corrected chi connectivity index (χ4v) is 3.27. The molecule has 1 unspecified atom stereocenters. The third kappa shape index (κ3) is 3.87. The summed E-state index contributed by atoms with van der Waals surface area (Å²) in [6.45, 7) is 2.95. The van der Waals surface area contributed by atoms with Gasteiger partial charge in [0.15, 0.2) is 0 Å². The van der Waals surface area contributed by atoms with Crippen molar-refractivity contribution in [2.75, 3.05) is 18.6 Å². The molecule has 5 heteroatoms. The average molecular weight is 352 g/mol. The number of hydrogen-bond donors (Lipinski definition) is 1. The van der Waals surface area contributed by atoms with Crippen LogP contribution in [0.25, 0.3) is 0 Å². The first-order valence-corrected chi connectivity index (χ1v) is 8.91. The van der Waals surface area contributed by atoms with E-state index in [1.807, 2.05) is 48.5 Å². The first-order chi connectivity index (χ1) is 12.6. The number of methoxy groups -OCH3 is 1. The number of nitrogens with zero attached hydrogens (tertiary/aromatic N) is 1. The number of carbonyl (C=O) groups excluding carboxylic acids is 2. The van der Waals surface area contributed by atoms with Crippen LogP contribution in [0.1, 0.15) is 24.5 Å². The highest BCUT2D eigenvalue weighted by Gasteiger charge is 2.35. The predicted octanol–water partition coefficient (Wildman–Crippen LogP) is 2.93. The normalized spacial score (nSPS) is 16.6. The minimum Gasteiger partial charge on any atom is -0.497 e. The van der Waals surface area contributed by atoms with Crippen molar-refractivity contribution in [3.63, 3.8) is 0 Å². The largest absolute Gasteiger partial charge is 0.497 e.